The molecule has 174 valence electrons. The molecule has 1 aliphatic heterocycles. The minimum Gasteiger partial charge on any atom is -0.335 e. The topological polar surface area (TPSA) is 98.8 Å². The summed E-state index contributed by atoms with van der Waals surface area (Å²) in [6.45, 7) is 4.71. The second-order valence-corrected chi connectivity index (χ2v) is 8.15. The third-order valence-corrected chi connectivity index (χ3v) is 5.89. The summed E-state index contributed by atoms with van der Waals surface area (Å²) in [4.78, 5) is 52.9. The lowest BCUT2D eigenvalue weighted by Gasteiger charge is -2.26. The molecule has 1 unspecified atom stereocenters. The molecule has 1 fully saturated rings. The molecule has 0 aromatic heterocycles. The number of halogens is 1. The van der Waals surface area contributed by atoms with Crippen LogP contribution in [0.25, 0.3) is 0 Å². The van der Waals surface area contributed by atoms with Crippen LogP contribution < -0.4 is 10.6 Å². The van der Waals surface area contributed by atoms with Crippen LogP contribution in [0.4, 0.5) is 14.9 Å². The highest BCUT2D eigenvalue weighted by Crippen LogP contribution is 2.32. The number of rotatable bonds is 7. The number of para-hydroxylation sites is 1. The van der Waals surface area contributed by atoms with Gasteiger partial charge in [0.2, 0.25) is 11.8 Å². The Balaban J connectivity index is 1.68. The zero-order chi connectivity index (χ0) is 24.3. The number of urea groups is 1. The molecule has 1 saturated heterocycles. The molecule has 2 aromatic rings. The van der Waals surface area contributed by atoms with Crippen LogP contribution in [0.5, 0.6) is 0 Å². The van der Waals surface area contributed by atoms with Crippen LogP contribution in [-0.2, 0) is 19.9 Å². The molecule has 9 heteroatoms. The lowest BCUT2D eigenvalue weighted by atomic mass is 9.87. The maximum atomic E-state index is 13.3. The van der Waals surface area contributed by atoms with Gasteiger partial charge in [-0.3, -0.25) is 19.3 Å². The summed E-state index contributed by atoms with van der Waals surface area (Å²) in [6.07, 6.45) is 0.224. The Labute approximate surface area is 191 Å². The Morgan fingerprint density at radius 2 is 1.70 bits per heavy atom. The monoisotopic (exact) mass is 454 g/mol. The third kappa shape index (κ3) is 4.72. The zero-order valence-corrected chi connectivity index (χ0v) is 19.1. The molecule has 8 nitrogen and oxygen atoms in total. The lowest BCUT2D eigenvalue weighted by Crippen LogP contribution is -2.46. The van der Waals surface area contributed by atoms with E-state index in [9.17, 15) is 23.6 Å². The largest absolute Gasteiger partial charge is 0.335 e. The molecule has 0 aliphatic carbocycles. The molecule has 1 aliphatic rings. The summed E-state index contributed by atoms with van der Waals surface area (Å²) in [7, 11) is 1.43. The Morgan fingerprint density at radius 3 is 2.27 bits per heavy atom. The average molecular weight is 455 g/mol. The summed E-state index contributed by atoms with van der Waals surface area (Å²) >= 11 is 0. The number of aryl methyl sites for hydroxylation is 2. The fraction of sp³-hybridized carbons (Fsp3) is 0.333. The fourth-order valence-corrected chi connectivity index (χ4v) is 3.89. The normalized spacial score (nSPS) is 17.7. The van der Waals surface area contributed by atoms with Crippen molar-refractivity contribution in [2.75, 3.05) is 25.5 Å². The van der Waals surface area contributed by atoms with Gasteiger partial charge in [0, 0.05) is 12.7 Å². The summed E-state index contributed by atoms with van der Waals surface area (Å²) in [5.41, 5.74) is 1.54. The minimum atomic E-state index is -1.37. The standard InChI is InChI=1S/C24H27FN4O4/c1-5-24(17-9-11-18(25)12-10-17)22(32)29(23(33)27-24)14-20(31)28(4)13-19(30)26-21-15(2)7-6-8-16(21)3/h6-12H,5,13-14H2,1-4H3,(H,26,30)(H,27,33). The van der Waals surface area contributed by atoms with Crippen molar-refractivity contribution in [2.24, 2.45) is 0 Å². The van der Waals surface area contributed by atoms with Gasteiger partial charge in [-0.05, 0) is 49.1 Å². The molecule has 0 bridgehead atoms. The van der Waals surface area contributed by atoms with Gasteiger partial charge in [0.05, 0.1) is 6.54 Å². The molecule has 33 heavy (non-hydrogen) atoms. The van der Waals surface area contributed by atoms with E-state index in [4.69, 9.17) is 0 Å². The summed E-state index contributed by atoms with van der Waals surface area (Å²) < 4.78 is 13.3. The number of nitrogens with one attached hydrogen (secondary N) is 2. The molecule has 0 radical (unpaired) electrons. The predicted octanol–water partition coefficient (Wildman–Crippen LogP) is 2.70. The van der Waals surface area contributed by atoms with E-state index >= 15 is 0 Å². The number of hydrogen-bond acceptors (Lipinski definition) is 4. The van der Waals surface area contributed by atoms with E-state index < -0.39 is 41.7 Å². The molecular formula is C24H27FN4O4. The Hall–Kier alpha value is -3.75. The highest BCUT2D eigenvalue weighted by Gasteiger charge is 2.51. The first-order valence-electron chi connectivity index (χ1n) is 10.6. The first-order chi connectivity index (χ1) is 15.6. The molecule has 5 amide bonds. The van der Waals surface area contributed by atoms with Crippen molar-refractivity contribution in [3.05, 3.63) is 65.0 Å². The van der Waals surface area contributed by atoms with Crippen molar-refractivity contribution in [3.8, 4) is 0 Å². The maximum absolute atomic E-state index is 13.3. The summed E-state index contributed by atoms with van der Waals surface area (Å²) in [5, 5.41) is 5.45. The van der Waals surface area contributed by atoms with Crippen molar-refractivity contribution in [1.29, 1.82) is 0 Å². The van der Waals surface area contributed by atoms with Gasteiger partial charge in [-0.2, -0.15) is 0 Å². The quantitative estimate of drug-likeness (QED) is 0.629. The lowest BCUT2D eigenvalue weighted by molar-refractivity contribution is -0.139. The number of anilines is 1. The smallest absolute Gasteiger partial charge is 0.325 e. The Morgan fingerprint density at radius 1 is 1.09 bits per heavy atom. The number of benzene rings is 2. The Kier molecular flexibility index (Phi) is 6.81. The number of carbonyl (C=O) groups is 4. The number of likely N-dealkylation sites (N-methyl/N-ethyl adjacent to an activating group) is 1. The third-order valence-electron chi connectivity index (χ3n) is 5.89. The van der Waals surface area contributed by atoms with Gasteiger partial charge in [-0.1, -0.05) is 37.3 Å². The van der Waals surface area contributed by atoms with Crippen molar-refractivity contribution in [1.82, 2.24) is 15.1 Å². The van der Waals surface area contributed by atoms with Crippen molar-refractivity contribution < 1.29 is 23.6 Å². The number of hydrogen-bond donors (Lipinski definition) is 2. The van der Waals surface area contributed by atoms with Crippen LogP contribution in [-0.4, -0.2) is 53.7 Å². The SMILES string of the molecule is CCC1(c2ccc(F)cc2)NC(=O)N(CC(=O)N(C)CC(=O)Nc2c(C)cccc2C)C1=O. The van der Waals surface area contributed by atoms with Crippen LogP contribution in [0, 0.1) is 19.7 Å². The van der Waals surface area contributed by atoms with E-state index in [2.05, 4.69) is 10.6 Å². The Bertz CT molecular complexity index is 1080. The van der Waals surface area contributed by atoms with E-state index in [1.807, 2.05) is 32.0 Å². The number of amides is 5. The average Bonchev–Trinajstić information content (AvgIpc) is 3.02. The number of imide groups is 1. The molecule has 0 spiro atoms. The van der Waals surface area contributed by atoms with Crippen molar-refractivity contribution in [2.45, 2.75) is 32.7 Å². The van der Waals surface area contributed by atoms with Crippen molar-refractivity contribution >= 4 is 29.4 Å². The van der Waals surface area contributed by atoms with E-state index in [1.165, 1.54) is 31.3 Å². The van der Waals surface area contributed by atoms with Gasteiger partial charge in [-0.25, -0.2) is 9.18 Å². The number of carbonyl (C=O) groups excluding carboxylic acids is 4. The molecule has 1 atom stereocenters. The van der Waals surface area contributed by atoms with Crippen LogP contribution in [0.15, 0.2) is 42.5 Å². The van der Waals surface area contributed by atoms with Crippen LogP contribution in [0.2, 0.25) is 0 Å². The van der Waals surface area contributed by atoms with Gasteiger partial charge < -0.3 is 15.5 Å². The fourth-order valence-electron chi connectivity index (χ4n) is 3.89. The van der Waals surface area contributed by atoms with Crippen molar-refractivity contribution in [3.63, 3.8) is 0 Å². The predicted molar refractivity (Wildman–Crippen MR) is 121 cm³/mol. The molecule has 1 heterocycles. The molecule has 2 N–H and O–H groups in total. The molecule has 3 rings (SSSR count). The van der Waals surface area contributed by atoms with Crippen LogP contribution in [0.3, 0.4) is 0 Å². The molecular weight excluding hydrogens is 427 g/mol. The highest BCUT2D eigenvalue weighted by molar-refractivity contribution is 6.09. The van der Waals surface area contributed by atoms with E-state index in [1.54, 1.807) is 6.92 Å². The first kappa shape index (κ1) is 23.9. The second kappa shape index (κ2) is 9.40. The van der Waals surface area contributed by atoms with Gasteiger partial charge >= 0.3 is 6.03 Å². The first-order valence-corrected chi connectivity index (χ1v) is 10.6. The van der Waals surface area contributed by atoms with Gasteiger partial charge in [-0.15, -0.1) is 0 Å². The zero-order valence-electron chi connectivity index (χ0n) is 19.1. The van der Waals surface area contributed by atoms with E-state index in [0.29, 0.717) is 11.3 Å². The summed E-state index contributed by atoms with van der Waals surface area (Å²) in [6, 6.07) is 10.2. The van der Waals surface area contributed by atoms with E-state index in [0.717, 1.165) is 20.9 Å². The van der Waals surface area contributed by atoms with E-state index in [-0.39, 0.29) is 13.0 Å². The van der Waals surface area contributed by atoms with Crippen LogP contribution in [0.1, 0.15) is 30.0 Å². The molecule has 2 aromatic carbocycles. The minimum absolute atomic E-state index is 0.224. The summed E-state index contributed by atoms with van der Waals surface area (Å²) in [5.74, 6) is -2.02. The van der Waals surface area contributed by atoms with Gasteiger partial charge in [0.25, 0.3) is 5.91 Å². The number of nitrogens with zero attached hydrogens (tertiary/aromatic N) is 2. The molecule has 0 saturated carbocycles. The van der Waals surface area contributed by atoms with Gasteiger partial charge in [0.1, 0.15) is 17.9 Å². The second-order valence-electron chi connectivity index (χ2n) is 8.15. The van der Waals surface area contributed by atoms with Gasteiger partial charge in [0.15, 0.2) is 0 Å². The van der Waals surface area contributed by atoms with Crippen LogP contribution >= 0.6 is 0 Å². The highest BCUT2D eigenvalue weighted by atomic mass is 19.1. The maximum Gasteiger partial charge on any atom is 0.325 e.